The summed E-state index contributed by atoms with van der Waals surface area (Å²) in [6.45, 7) is 5.91. The molecule has 0 spiro atoms. The van der Waals surface area contributed by atoms with Gasteiger partial charge in [0.1, 0.15) is 0 Å². The van der Waals surface area contributed by atoms with E-state index in [9.17, 15) is 4.79 Å². The van der Waals surface area contributed by atoms with Crippen molar-refractivity contribution >= 4 is 11.7 Å². The van der Waals surface area contributed by atoms with Gasteiger partial charge >= 0.3 is 5.97 Å². The van der Waals surface area contributed by atoms with Crippen molar-refractivity contribution < 1.29 is 9.53 Å². The van der Waals surface area contributed by atoms with Crippen LogP contribution in [-0.4, -0.2) is 24.3 Å². The van der Waals surface area contributed by atoms with Crippen LogP contribution in [0.4, 0.5) is 0 Å². The Hall–Kier alpha value is -1.84. The van der Waals surface area contributed by atoms with Gasteiger partial charge in [-0.25, -0.2) is 4.79 Å². The molecular weight excluding hydrogens is 216 g/mol. The molecule has 0 atom stereocenters. The fourth-order valence-corrected chi connectivity index (χ4v) is 1.14. The van der Waals surface area contributed by atoms with Gasteiger partial charge in [0.25, 0.3) is 0 Å². The van der Waals surface area contributed by atoms with Gasteiger partial charge in [0.2, 0.25) is 0 Å². The van der Waals surface area contributed by atoms with E-state index >= 15 is 0 Å². The van der Waals surface area contributed by atoms with E-state index in [0.717, 1.165) is 5.56 Å². The first-order chi connectivity index (χ1) is 7.94. The number of nitrogens with one attached hydrogen (secondary N) is 1. The van der Waals surface area contributed by atoms with Crippen LogP contribution in [-0.2, 0) is 9.53 Å². The lowest BCUT2D eigenvalue weighted by atomic mass is 10.1. The number of hydrogen-bond donors (Lipinski definition) is 1. The zero-order valence-corrected chi connectivity index (χ0v) is 10.7. The van der Waals surface area contributed by atoms with Gasteiger partial charge in [-0.1, -0.05) is 30.3 Å². The molecule has 0 unspecified atom stereocenters. The number of hydrogen-bond acceptors (Lipinski definition) is 4. The predicted molar refractivity (Wildman–Crippen MR) is 67.9 cm³/mol. The summed E-state index contributed by atoms with van der Waals surface area (Å²) in [4.78, 5) is 11.6. The van der Waals surface area contributed by atoms with E-state index in [1.54, 1.807) is 0 Å². The number of esters is 1. The van der Waals surface area contributed by atoms with Crippen molar-refractivity contribution in [1.29, 1.82) is 0 Å². The molecule has 0 fully saturated rings. The Morgan fingerprint density at radius 3 is 2.29 bits per heavy atom. The van der Waals surface area contributed by atoms with Crippen LogP contribution in [0.3, 0.4) is 0 Å². The van der Waals surface area contributed by atoms with Crippen molar-refractivity contribution in [1.82, 2.24) is 5.43 Å². The highest BCUT2D eigenvalue weighted by Crippen LogP contribution is 2.04. The molecule has 0 radical (unpaired) electrons. The Labute approximate surface area is 102 Å². The van der Waals surface area contributed by atoms with E-state index in [0.29, 0.717) is 0 Å². The number of methoxy groups -OCH3 is 1. The molecule has 0 bridgehead atoms. The monoisotopic (exact) mass is 234 g/mol. The maximum absolute atomic E-state index is 11.6. The third-order valence-corrected chi connectivity index (χ3v) is 1.93. The molecule has 4 heteroatoms. The fraction of sp³-hybridized carbons (Fsp3) is 0.385. The molecule has 0 aliphatic rings. The van der Waals surface area contributed by atoms with Crippen LogP contribution in [0.1, 0.15) is 26.3 Å². The minimum Gasteiger partial charge on any atom is -0.464 e. The molecule has 1 aromatic rings. The second-order valence-electron chi connectivity index (χ2n) is 4.68. The number of ether oxygens (including phenoxy) is 1. The molecule has 0 amide bonds. The smallest absolute Gasteiger partial charge is 0.359 e. The summed E-state index contributed by atoms with van der Waals surface area (Å²) in [7, 11) is 1.35. The first kappa shape index (κ1) is 13.2. The molecule has 0 saturated heterocycles. The lowest BCUT2D eigenvalue weighted by Gasteiger charge is -2.18. The first-order valence-corrected chi connectivity index (χ1v) is 5.42. The normalized spacial score (nSPS) is 12.1. The van der Waals surface area contributed by atoms with Crippen LogP contribution in [0, 0.1) is 0 Å². The van der Waals surface area contributed by atoms with Gasteiger partial charge < -0.3 is 10.2 Å². The van der Waals surface area contributed by atoms with Crippen LogP contribution < -0.4 is 5.43 Å². The molecule has 92 valence electrons. The Morgan fingerprint density at radius 1 is 1.24 bits per heavy atom. The lowest BCUT2D eigenvalue weighted by molar-refractivity contribution is -0.132. The predicted octanol–water partition coefficient (Wildman–Crippen LogP) is 1.95. The van der Waals surface area contributed by atoms with Crippen LogP contribution in [0.5, 0.6) is 0 Å². The minimum atomic E-state index is -0.451. The fourth-order valence-electron chi connectivity index (χ4n) is 1.14. The Balaban J connectivity index is 3.01. The van der Waals surface area contributed by atoms with Crippen molar-refractivity contribution in [2.45, 2.75) is 26.3 Å². The largest absolute Gasteiger partial charge is 0.464 e. The van der Waals surface area contributed by atoms with Crippen molar-refractivity contribution in [2.75, 3.05) is 7.11 Å². The number of carbonyl (C=O) groups is 1. The molecule has 17 heavy (non-hydrogen) atoms. The molecule has 1 N–H and O–H groups in total. The average Bonchev–Trinajstić information content (AvgIpc) is 2.29. The molecule has 0 aliphatic heterocycles. The topological polar surface area (TPSA) is 50.7 Å². The standard InChI is InChI=1S/C13H18N2O2/c1-13(2,3)15-14-11(12(16)17-4)10-8-6-5-7-9-10/h5-9,15H,1-4H3/b14-11+. The van der Waals surface area contributed by atoms with Crippen LogP contribution in [0.25, 0.3) is 0 Å². The quantitative estimate of drug-likeness (QED) is 0.494. The zero-order chi connectivity index (χ0) is 12.9. The number of hydrazone groups is 1. The van der Waals surface area contributed by atoms with Gasteiger partial charge in [0, 0.05) is 11.1 Å². The third-order valence-electron chi connectivity index (χ3n) is 1.93. The van der Waals surface area contributed by atoms with Gasteiger partial charge in [0.15, 0.2) is 5.71 Å². The Bertz CT molecular complexity index is 405. The number of nitrogens with zero attached hydrogens (tertiary/aromatic N) is 1. The van der Waals surface area contributed by atoms with Crippen LogP contribution in [0.2, 0.25) is 0 Å². The van der Waals surface area contributed by atoms with Crippen molar-refractivity contribution in [3.8, 4) is 0 Å². The summed E-state index contributed by atoms with van der Waals surface area (Å²) >= 11 is 0. The SMILES string of the molecule is COC(=O)/C(=N/NC(C)(C)C)c1ccccc1. The highest BCUT2D eigenvalue weighted by atomic mass is 16.5. The summed E-state index contributed by atoms with van der Waals surface area (Å²) in [5, 5.41) is 4.13. The van der Waals surface area contributed by atoms with Gasteiger partial charge in [-0.2, -0.15) is 5.10 Å². The van der Waals surface area contributed by atoms with Crippen LogP contribution in [0.15, 0.2) is 35.4 Å². The second kappa shape index (κ2) is 5.48. The number of rotatable bonds is 3. The summed E-state index contributed by atoms with van der Waals surface area (Å²) in [6.07, 6.45) is 0. The molecule has 0 heterocycles. The van der Waals surface area contributed by atoms with E-state index in [2.05, 4.69) is 10.5 Å². The lowest BCUT2D eigenvalue weighted by Crippen LogP contribution is -2.34. The number of carbonyl (C=O) groups excluding carboxylic acids is 1. The minimum absolute atomic E-state index is 0.200. The van der Waals surface area contributed by atoms with Gasteiger partial charge in [-0.3, -0.25) is 0 Å². The van der Waals surface area contributed by atoms with E-state index < -0.39 is 5.97 Å². The van der Waals surface area contributed by atoms with Crippen molar-refractivity contribution in [3.63, 3.8) is 0 Å². The summed E-state index contributed by atoms with van der Waals surface area (Å²) in [5.74, 6) is -0.451. The molecule has 0 aromatic heterocycles. The maximum Gasteiger partial charge on any atom is 0.359 e. The molecule has 0 saturated carbocycles. The molecule has 0 aliphatic carbocycles. The first-order valence-electron chi connectivity index (χ1n) is 5.42. The molecule has 1 rings (SSSR count). The second-order valence-corrected chi connectivity index (χ2v) is 4.68. The molecular formula is C13H18N2O2. The van der Waals surface area contributed by atoms with Gasteiger partial charge in [-0.05, 0) is 20.8 Å². The van der Waals surface area contributed by atoms with Crippen molar-refractivity contribution in [2.24, 2.45) is 5.10 Å². The van der Waals surface area contributed by atoms with E-state index in [1.807, 2.05) is 51.1 Å². The van der Waals surface area contributed by atoms with E-state index in [-0.39, 0.29) is 11.3 Å². The van der Waals surface area contributed by atoms with Crippen molar-refractivity contribution in [3.05, 3.63) is 35.9 Å². The highest BCUT2D eigenvalue weighted by molar-refractivity contribution is 6.43. The summed E-state index contributed by atoms with van der Waals surface area (Å²) < 4.78 is 4.72. The summed E-state index contributed by atoms with van der Waals surface area (Å²) in [5.41, 5.74) is 3.74. The van der Waals surface area contributed by atoms with Gasteiger partial charge in [0.05, 0.1) is 7.11 Å². The van der Waals surface area contributed by atoms with E-state index in [1.165, 1.54) is 7.11 Å². The number of benzene rings is 1. The summed E-state index contributed by atoms with van der Waals surface area (Å²) in [6, 6.07) is 9.23. The Morgan fingerprint density at radius 2 is 1.82 bits per heavy atom. The molecule has 4 nitrogen and oxygen atoms in total. The molecule has 1 aromatic carbocycles. The average molecular weight is 234 g/mol. The van der Waals surface area contributed by atoms with E-state index in [4.69, 9.17) is 4.74 Å². The Kier molecular flexibility index (Phi) is 4.26. The highest BCUT2D eigenvalue weighted by Gasteiger charge is 2.16. The third kappa shape index (κ3) is 4.26. The maximum atomic E-state index is 11.6. The van der Waals surface area contributed by atoms with Gasteiger partial charge in [-0.15, -0.1) is 0 Å². The zero-order valence-electron chi connectivity index (χ0n) is 10.7. The van der Waals surface area contributed by atoms with Crippen LogP contribution >= 0.6 is 0 Å².